The quantitative estimate of drug-likeness (QED) is 0.459. The van der Waals surface area contributed by atoms with Gasteiger partial charge in [-0.15, -0.1) is 0 Å². The number of rotatable bonds is 5. The van der Waals surface area contributed by atoms with Crippen molar-refractivity contribution in [1.29, 1.82) is 0 Å². The minimum atomic E-state index is 0.164. The fraction of sp³-hybridized carbons (Fsp3) is 0.556. The second-order valence-corrected chi connectivity index (χ2v) is 2.11. The Morgan fingerprint density at radius 3 is 2.10 bits per heavy atom. The van der Waals surface area contributed by atoms with Crippen LogP contribution in [0, 0.1) is 0 Å². The lowest BCUT2D eigenvalue weighted by Crippen LogP contribution is -1.70. The third kappa shape index (κ3) is 7.44. The molecule has 1 heteroatoms. The highest BCUT2D eigenvalue weighted by Gasteiger charge is 1.74. The first-order valence-corrected chi connectivity index (χ1v) is 3.82. The van der Waals surface area contributed by atoms with E-state index in [0.717, 1.165) is 19.3 Å². The van der Waals surface area contributed by atoms with E-state index < -0.39 is 0 Å². The van der Waals surface area contributed by atoms with Crippen LogP contribution in [0.25, 0.3) is 0 Å². The average Bonchev–Trinajstić information content (AvgIpc) is 1.97. The van der Waals surface area contributed by atoms with Crippen molar-refractivity contribution in [1.82, 2.24) is 0 Å². The van der Waals surface area contributed by atoms with Crippen molar-refractivity contribution in [3.05, 3.63) is 24.3 Å². The first kappa shape index (κ1) is 9.44. The first-order chi connectivity index (χ1) is 4.91. The number of aliphatic hydroxyl groups is 1. The van der Waals surface area contributed by atoms with Gasteiger partial charge >= 0.3 is 0 Å². The van der Waals surface area contributed by atoms with Crippen molar-refractivity contribution in [2.45, 2.75) is 26.2 Å². The molecule has 0 radical (unpaired) electrons. The third-order valence-corrected chi connectivity index (χ3v) is 1.17. The van der Waals surface area contributed by atoms with Crippen molar-refractivity contribution >= 4 is 0 Å². The number of hydrogen-bond donors (Lipinski definition) is 1. The van der Waals surface area contributed by atoms with Gasteiger partial charge in [-0.05, 0) is 19.3 Å². The van der Waals surface area contributed by atoms with Crippen molar-refractivity contribution < 1.29 is 5.11 Å². The van der Waals surface area contributed by atoms with Crippen molar-refractivity contribution in [3.63, 3.8) is 0 Å². The standard InChI is InChI=1S/C9H16O/c1-2-3-4-5-6-7-8-9-10/h3-4,7-8,10H,2,5-6,9H2,1H3/b4-3?,8-7-. The minimum absolute atomic E-state index is 0.164. The van der Waals surface area contributed by atoms with Crippen molar-refractivity contribution in [2.75, 3.05) is 6.61 Å². The van der Waals surface area contributed by atoms with Gasteiger partial charge in [0.15, 0.2) is 0 Å². The van der Waals surface area contributed by atoms with Crippen LogP contribution in [0.5, 0.6) is 0 Å². The molecule has 0 aliphatic heterocycles. The Balaban J connectivity index is 3.04. The van der Waals surface area contributed by atoms with E-state index in [1.54, 1.807) is 6.08 Å². The molecular formula is C9H16O. The van der Waals surface area contributed by atoms with Gasteiger partial charge in [0.25, 0.3) is 0 Å². The average molecular weight is 140 g/mol. The maximum absolute atomic E-state index is 8.36. The van der Waals surface area contributed by atoms with Crippen LogP contribution in [-0.2, 0) is 0 Å². The van der Waals surface area contributed by atoms with Crippen molar-refractivity contribution in [2.24, 2.45) is 0 Å². The Bertz CT molecular complexity index is 89.3. The summed E-state index contributed by atoms with van der Waals surface area (Å²) in [6.45, 7) is 2.29. The predicted molar refractivity (Wildman–Crippen MR) is 44.9 cm³/mol. The zero-order chi connectivity index (χ0) is 7.66. The van der Waals surface area contributed by atoms with Crippen LogP contribution in [0.2, 0.25) is 0 Å². The first-order valence-electron chi connectivity index (χ1n) is 3.82. The maximum atomic E-state index is 8.36. The van der Waals surface area contributed by atoms with Crippen LogP contribution < -0.4 is 0 Å². The molecule has 0 aromatic rings. The molecule has 0 aliphatic carbocycles. The van der Waals surface area contributed by atoms with Crippen LogP contribution >= 0.6 is 0 Å². The summed E-state index contributed by atoms with van der Waals surface area (Å²) in [6.07, 6.45) is 11.3. The van der Waals surface area contributed by atoms with Gasteiger partial charge in [0, 0.05) is 0 Å². The lowest BCUT2D eigenvalue weighted by atomic mass is 10.2. The number of allylic oxidation sites excluding steroid dienone is 3. The number of aliphatic hydroxyl groups excluding tert-OH is 1. The van der Waals surface area contributed by atoms with Gasteiger partial charge in [-0.25, -0.2) is 0 Å². The van der Waals surface area contributed by atoms with Gasteiger partial charge in [0.05, 0.1) is 6.61 Å². The second-order valence-electron chi connectivity index (χ2n) is 2.11. The highest BCUT2D eigenvalue weighted by molar-refractivity contribution is 4.87. The third-order valence-electron chi connectivity index (χ3n) is 1.17. The summed E-state index contributed by atoms with van der Waals surface area (Å²) in [6, 6.07) is 0. The second kappa shape index (κ2) is 8.44. The predicted octanol–water partition coefficient (Wildman–Crippen LogP) is 2.28. The molecule has 0 aliphatic rings. The topological polar surface area (TPSA) is 20.2 Å². The van der Waals surface area contributed by atoms with E-state index in [9.17, 15) is 0 Å². The molecule has 0 saturated heterocycles. The summed E-state index contributed by atoms with van der Waals surface area (Å²) in [5, 5.41) is 8.36. The van der Waals surface area contributed by atoms with E-state index in [1.807, 2.05) is 6.08 Å². The molecule has 0 atom stereocenters. The Morgan fingerprint density at radius 1 is 1.00 bits per heavy atom. The molecule has 0 saturated carbocycles. The van der Waals surface area contributed by atoms with E-state index in [2.05, 4.69) is 19.1 Å². The number of unbranched alkanes of at least 4 members (excludes halogenated alkanes) is 1. The summed E-state index contributed by atoms with van der Waals surface area (Å²) in [4.78, 5) is 0. The molecule has 0 aromatic heterocycles. The van der Waals surface area contributed by atoms with Crippen molar-refractivity contribution in [3.8, 4) is 0 Å². The van der Waals surface area contributed by atoms with Gasteiger partial charge in [0.1, 0.15) is 0 Å². The SMILES string of the molecule is CCC=CCC/C=C\CO. The van der Waals surface area contributed by atoms with Crippen LogP contribution in [0.1, 0.15) is 26.2 Å². The molecule has 10 heavy (non-hydrogen) atoms. The Morgan fingerprint density at radius 2 is 1.60 bits per heavy atom. The molecule has 58 valence electrons. The summed E-state index contributed by atoms with van der Waals surface area (Å²) in [7, 11) is 0. The highest BCUT2D eigenvalue weighted by atomic mass is 16.2. The summed E-state index contributed by atoms with van der Waals surface area (Å²) < 4.78 is 0. The molecule has 0 unspecified atom stereocenters. The molecular weight excluding hydrogens is 124 g/mol. The maximum Gasteiger partial charge on any atom is 0.0612 e. The van der Waals surface area contributed by atoms with Gasteiger partial charge in [-0.3, -0.25) is 0 Å². The molecule has 1 nitrogen and oxygen atoms in total. The van der Waals surface area contributed by atoms with Crippen LogP contribution in [0.3, 0.4) is 0 Å². The molecule has 0 spiro atoms. The molecule has 0 rings (SSSR count). The highest BCUT2D eigenvalue weighted by Crippen LogP contribution is 1.93. The molecule has 1 N–H and O–H groups in total. The molecule has 0 heterocycles. The monoisotopic (exact) mass is 140 g/mol. The lowest BCUT2D eigenvalue weighted by molar-refractivity contribution is 0.342. The Labute approximate surface area is 63.1 Å². The normalized spacial score (nSPS) is 11.8. The number of hydrogen-bond acceptors (Lipinski definition) is 1. The van der Waals surface area contributed by atoms with E-state index >= 15 is 0 Å². The van der Waals surface area contributed by atoms with Crippen LogP contribution in [-0.4, -0.2) is 11.7 Å². The summed E-state index contributed by atoms with van der Waals surface area (Å²) in [5.41, 5.74) is 0. The lowest BCUT2D eigenvalue weighted by Gasteiger charge is -1.84. The zero-order valence-electron chi connectivity index (χ0n) is 6.59. The van der Waals surface area contributed by atoms with Crippen LogP contribution in [0.4, 0.5) is 0 Å². The zero-order valence-corrected chi connectivity index (χ0v) is 6.59. The van der Waals surface area contributed by atoms with E-state index in [-0.39, 0.29) is 6.61 Å². The minimum Gasteiger partial charge on any atom is -0.392 e. The fourth-order valence-electron chi connectivity index (χ4n) is 0.669. The smallest absolute Gasteiger partial charge is 0.0612 e. The largest absolute Gasteiger partial charge is 0.392 e. The van der Waals surface area contributed by atoms with E-state index in [1.165, 1.54) is 0 Å². The Hall–Kier alpha value is -0.560. The summed E-state index contributed by atoms with van der Waals surface area (Å²) >= 11 is 0. The molecule has 0 amide bonds. The summed E-state index contributed by atoms with van der Waals surface area (Å²) in [5.74, 6) is 0. The molecule has 0 bridgehead atoms. The van der Waals surface area contributed by atoms with Gasteiger partial charge in [-0.2, -0.15) is 0 Å². The fourth-order valence-corrected chi connectivity index (χ4v) is 0.669. The molecule has 0 fully saturated rings. The van der Waals surface area contributed by atoms with E-state index in [4.69, 9.17) is 5.11 Å². The van der Waals surface area contributed by atoms with Gasteiger partial charge in [-0.1, -0.05) is 31.2 Å². The van der Waals surface area contributed by atoms with E-state index in [0.29, 0.717) is 0 Å². The van der Waals surface area contributed by atoms with Gasteiger partial charge < -0.3 is 5.11 Å². The van der Waals surface area contributed by atoms with Crippen LogP contribution in [0.15, 0.2) is 24.3 Å². The Kier molecular flexibility index (Phi) is 7.97. The van der Waals surface area contributed by atoms with Gasteiger partial charge in [0.2, 0.25) is 0 Å². The molecule has 0 aromatic carbocycles.